The van der Waals surface area contributed by atoms with E-state index in [2.05, 4.69) is 0 Å². The molecule has 0 aromatic carbocycles. The van der Waals surface area contributed by atoms with Crippen LogP contribution >= 0.6 is 11.8 Å². The molecule has 152 valence electrons. The number of hydrogen-bond donors (Lipinski definition) is 4. The Labute approximate surface area is 160 Å². The van der Waals surface area contributed by atoms with Crippen molar-refractivity contribution in [2.45, 2.75) is 64.1 Å². The summed E-state index contributed by atoms with van der Waals surface area (Å²) in [6.07, 6.45) is 4.02. The average molecular weight is 391 g/mol. The lowest BCUT2D eigenvalue weighted by Crippen LogP contribution is -2.58. The number of carbonyl (C=O) groups is 3. The predicted octanol–water partition coefficient (Wildman–Crippen LogP) is 0.378. The number of nitrogens with two attached hydrogens (primary N) is 3. The zero-order chi connectivity index (χ0) is 20.3. The third-order valence-electron chi connectivity index (χ3n) is 4.00. The molecule has 3 unspecified atom stereocenters. The largest absolute Gasteiger partial charge is 0.480 e. The zero-order valence-corrected chi connectivity index (χ0v) is 16.8. The first-order valence-electron chi connectivity index (χ1n) is 8.97. The molecule has 0 saturated heterocycles. The molecule has 0 aliphatic carbocycles. The third kappa shape index (κ3) is 8.48. The van der Waals surface area contributed by atoms with Gasteiger partial charge in [0, 0.05) is 0 Å². The average Bonchev–Trinajstić information content (AvgIpc) is 2.56. The summed E-state index contributed by atoms with van der Waals surface area (Å²) in [4.78, 5) is 38.1. The monoisotopic (exact) mass is 390 g/mol. The number of carboxylic acids is 1. The Bertz CT molecular complexity index is 462. The Kier molecular flexibility index (Phi) is 12.5. The lowest BCUT2D eigenvalue weighted by atomic mass is 10.0. The number of carboxylic acid groups (broad SMARTS) is 1. The Morgan fingerprint density at radius 3 is 2.08 bits per heavy atom. The first kappa shape index (κ1) is 24.8. The van der Waals surface area contributed by atoms with Gasteiger partial charge in [-0.1, -0.05) is 20.3 Å². The van der Waals surface area contributed by atoms with Gasteiger partial charge in [0.1, 0.15) is 6.04 Å². The van der Waals surface area contributed by atoms with Crippen molar-refractivity contribution in [1.82, 2.24) is 4.90 Å². The van der Waals surface area contributed by atoms with Crippen molar-refractivity contribution in [2.75, 3.05) is 18.6 Å². The molecule has 7 N–H and O–H groups in total. The van der Waals surface area contributed by atoms with Gasteiger partial charge in [-0.15, -0.1) is 0 Å². The number of imide groups is 1. The number of unbranched alkanes of at least 4 members (excludes halogenated alkanes) is 1. The minimum Gasteiger partial charge on any atom is -0.480 e. The van der Waals surface area contributed by atoms with E-state index in [1.165, 1.54) is 11.8 Å². The molecule has 0 spiro atoms. The summed E-state index contributed by atoms with van der Waals surface area (Å²) in [5.41, 5.74) is 17.3. The molecule has 0 rings (SSSR count). The number of thioether (sulfide) groups is 1. The number of amides is 2. The fourth-order valence-corrected chi connectivity index (χ4v) is 3.07. The van der Waals surface area contributed by atoms with Gasteiger partial charge in [0.05, 0.1) is 12.1 Å². The van der Waals surface area contributed by atoms with Crippen LogP contribution < -0.4 is 17.2 Å². The predicted molar refractivity (Wildman–Crippen MR) is 105 cm³/mol. The number of carbonyl (C=O) groups excluding carboxylic acids is 2. The first-order chi connectivity index (χ1) is 12.2. The number of hydrogen-bond acceptors (Lipinski definition) is 7. The highest BCUT2D eigenvalue weighted by Crippen LogP contribution is 2.16. The molecule has 2 amide bonds. The van der Waals surface area contributed by atoms with Crippen molar-refractivity contribution >= 4 is 29.5 Å². The molecular weight excluding hydrogens is 356 g/mol. The number of aliphatic carboxylic acids is 1. The van der Waals surface area contributed by atoms with E-state index in [-0.39, 0.29) is 12.3 Å². The van der Waals surface area contributed by atoms with Crippen molar-refractivity contribution in [3.8, 4) is 0 Å². The highest BCUT2D eigenvalue weighted by Gasteiger charge is 2.38. The molecule has 26 heavy (non-hydrogen) atoms. The topological polar surface area (TPSA) is 153 Å². The molecule has 3 atom stereocenters. The maximum absolute atomic E-state index is 12.8. The highest BCUT2D eigenvalue weighted by atomic mass is 32.2. The van der Waals surface area contributed by atoms with Gasteiger partial charge in [-0.3, -0.25) is 14.5 Å². The van der Waals surface area contributed by atoms with Crippen LogP contribution in [0.1, 0.15) is 46.0 Å². The van der Waals surface area contributed by atoms with Crippen LogP contribution in [0.25, 0.3) is 0 Å². The van der Waals surface area contributed by atoms with E-state index in [1.54, 1.807) is 0 Å². The van der Waals surface area contributed by atoms with Crippen molar-refractivity contribution in [3.05, 3.63) is 0 Å². The fourth-order valence-electron chi connectivity index (χ4n) is 2.61. The van der Waals surface area contributed by atoms with Crippen LogP contribution in [-0.4, -0.2) is 64.5 Å². The van der Waals surface area contributed by atoms with Crippen LogP contribution in [0, 0.1) is 5.92 Å². The van der Waals surface area contributed by atoms with Crippen LogP contribution in [-0.2, 0) is 14.4 Å². The fraction of sp³-hybridized carbons (Fsp3) is 0.824. The lowest BCUT2D eigenvalue weighted by Gasteiger charge is -2.31. The third-order valence-corrected chi connectivity index (χ3v) is 4.64. The van der Waals surface area contributed by atoms with Crippen LogP contribution in [0.3, 0.4) is 0 Å². The van der Waals surface area contributed by atoms with Gasteiger partial charge < -0.3 is 22.3 Å². The summed E-state index contributed by atoms with van der Waals surface area (Å²) in [6, 6.07) is -3.15. The number of rotatable bonds is 13. The minimum absolute atomic E-state index is 0.138. The normalized spacial score (nSPS) is 14.7. The van der Waals surface area contributed by atoms with Gasteiger partial charge in [-0.25, -0.2) is 4.79 Å². The maximum atomic E-state index is 12.8. The molecule has 0 aromatic heterocycles. The number of nitrogens with zero attached hydrogens (tertiary/aromatic N) is 1. The van der Waals surface area contributed by atoms with Crippen molar-refractivity contribution in [1.29, 1.82) is 0 Å². The standard InChI is InChI=1S/C17H34N4O4S/c1-11(2)10-13(20)16(23)21(14(17(24)25)7-9-26-3)15(22)12(19)6-4-5-8-18/h11-14H,4-10,18-20H2,1-3H3,(H,24,25). The van der Waals surface area contributed by atoms with Crippen LogP contribution in [0.4, 0.5) is 0 Å². The molecule has 0 fully saturated rings. The summed E-state index contributed by atoms with van der Waals surface area (Å²) < 4.78 is 0. The van der Waals surface area contributed by atoms with Gasteiger partial charge in [-0.05, 0) is 50.2 Å². The molecule has 0 saturated carbocycles. The second-order valence-electron chi connectivity index (χ2n) is 6.81. The Morgan fingerprint density at radius 1 is 1.04 bits per heavy atom. The molecule has 0 aliphatic heterocycles. The van der Waals surface area contributed by atoms with Crippen molar-refractivity contribution in [3.63, 3.8) is 0 Å². The smallest absolute Gasteiger partial charge is 0.326 e. The van der Waals surface area contributed by atoms with E-state index in [1.807, 2.05) is 20.1 Å². The Balaban J connectivity index is 5.51. The summed E-state index contributed by atoms with van der Waals surface area (Å²) >= 11 is 1.44. The van der Waals surface area contributed by atoms with E-state index in [0.29, 0.717) is 38.0 Å². The molecule has 9 heteroatoms. The van der Waals surface area contributed by atoms with Gasteiger partial charge in [-0.2, -0.15) is 11.8 Å². The minimum atomic E-state index is -1.26. The molecular formula is C17H34N4O4S. The van der Waals surface area contributed by atoms with E-state index >= 15 is 0 Å². The quantitative estimate of drug-likeness (QED) is 0.329. The summed E-state index contributed by atoms with van der Waals surface area (Å²) in [6.45, 7) is 4.29. The second-order valence-corrected chi connectivity index (χ2v) is 7.79. The van der Waals surface area contributed by atoms with E-state index in [9.17, 15) is 19.5 Å². The Hall–Kier alpha value is -1.16. The molecule has 0 heterocycles. The Morgan fingerprint density at radius 2 is 1.62 bits per heavy atom. The van der Waals surface area contributed by atoms with Gasteiger partial charge in [0.2, 0.25) is 11.8 Å². The SMILES string of the molecule is CSCCC(C(=O)O)N(C(=O)C(N)CCCCN)C(=O)C(N)CC(C)C. The second kappa shape index (κ2) is 13.1. The summed E-state index contributed by atoms with van der Waals surface area (Å²) in [5, 5.41) is 9.57. The van der Waals surface area contributed by atoms with E-state index < -0.39 is 35.9 Å². The van der Waals surface area contributed by atoms with E-state index in [4.69, 9.17) is 17.2 Å². The van der Waals surface area contributed by atoms with Gasteiger partial charge >= 0.3 is 5.97 Å². The lowest BCUT2D eigenvalue weighted by molar-refractivity contribution is -0.159. The summed E-state index contributed by atoms with van der Waals surface area (Å²) in [7, 11) is 0. The molecule has 0 aromatic rings. The maximum Gasteiger partial charge on any atom is 0.326 e. The van der Waals surface area contributed by atoms with Gasteiger partial charge in [0.15, 0.2) is 0 Å². The molecule has 8 nitrogen and oxygen atoms in total. The molecule has 0 bridgehead atoms. The zero-order valence-electron chi connectivity index (χ0n) is 16.0. The van der Waals surface area contributed by atoms with Crippen molar-refractivity contribution < 1.29 is 19.5 Å². The van der Waals surface area contributed by atoms with E-state index in [0.717, 1.165) is 4.90 Å². The summed E-state index contributed by atoms with van der Waals surface area (Å²) in [5.74, 6) is -1.95. The highest BCUT2D eigenvalue weighted by molar-refractivity contribution is 7.98. The molecule has 0 radical (unpaired) electrons. The van der Waals surface area contributed by atoms with Crippen LogP contribution in [0.5, 0.6) is 0 Å². The van der Waals surface area contributed by atoms with Crippen LogP contribution in [0.2, 0.25) is 0 Å². The van der Waals surface area contributed by atoms with Gasteiger partial charge in [0.25, 0.3) is 0 Å². The molecule has 0 aliphatic rings. The van der Waals surface area contributed by atoms with Crippen LogP contribution in [0.15, 0.2) is 0 Å². The first-order valence-corrected chi connectivity index (χ1v) is 10.4. The van der Waals surface area contributed by atoms with Crippen molar-refractivity contribution in [2.24, 2.45) is 23.1 Å².